The summed E-state index contributed by atoms with van der Waals surface area (Å²) < 4.78 is 0. The van der Waals surface area contributed by atoms with Gasteiger partial charge in [0.25, 0.3) is 5.91 Å². The Morgan fingerprint density at radius 2 is 1.61 bits per heavy atom. The van der Waals surface area contributed by atoms with Crippen LogP contribution in [-0.4, -0.2) is 27.8 Å². The summed E-state index contributed by atoms with van der Waals surface area (Å²) in [5.74, 6) is -0.383. The second-order valence-corrected chi connectivity index (χ2v) is 6.34. The Morgan fingerprint density at radius 3 is 2.39 bits per heavy atom. The summed E-state index contributed by atoms with van der Waals surface area (Å²) in [6.45, 7) is 0.458. The number of carbonyl (C=O) groups is 1. The highest BCUT2D eigenvalue weighted by molar-refractivity contribution is 5.97. The van der Waals surface area contributed by atoms with Crippen LogP contribution in [0, 0.1) is 0 Å². The molecule has 0 radical (unpaired) electrons. The number of nitrogens with one attached hydrogen (secondary N) is 1. The number of phenolic OH excluding ortho intramolecular Hbond substituents is 3. The van der Waals surface area contributed by atoms with Crippen molar-refractivity contribution in [3.63, 3.8) is 0 Å². The van der Waals surface area contributed by atoms with Crippen LogP contribution in [0.2, 0.25) is 0 Å². The van der Waals surface area contributed by atoms with Crippen LogP contribution in [0.1, 0.15) is 27.0 Å². The van der Waals surface area contributed by atoms with E-state index >= 15 is 0 Å². The lowest BCUT2D eigenvalue weighted by molar-refractivity contribution is 0.0951. The van der Waals surface area contributed by atoms with Crippen molar-refractivity contribution in [2.45, 2.75) is 6.42 Å². The normalized spacial score (nSPS) is 10.9. The average Bonchev–Trinajstić information content (AvgIpc) is 2.70. The van der Waals surface area contributed by atoms with E-state index in [1.165, 1.54) is 24.3 Å². The fourth-order valence-electron chi connectivity index (χ4n) is 2.76. The summed E-state index contributed by atoms with van der Waals surface area (Å²) in [6, 6.07) is 18.7. The summed E-state index contributed by atoms with van der Waals surface area (Å²) in [4.78, 5) is 12.4. The van der Waals surface area contributed by atoms with E-state index in [1.54, 1.807) is 24.3 Å². The molecule has 142 valence electrons. The van der Waals surface area contributed by atoms with E-state index in [-0.39, 0.29) is 28.7 Å². The minimum atomic E-state index is -0.358. The molecule has 0 aliphatic carbocycles. The molecule has 0 bridgehead atoms. The van der Waals surface area contributed by atoms with Gasteiger partial charge in [-0.15, -0.1) is 0 Å². The summed E-state index contributed by atoms with van der Waals surface area (Å²) >= 11 is 0. The third-order valence-corrected chi connectivity index (χ3v) is 4.27. The topological polar surface area (TPSA) is 89.8 Å². The number of rotatable bonds is 6. The fourth-order valence-corrected chi connectivity index (χ4v) is 2.76. The van der Waals surface area contributed by atoms with Crippen LogP contribution >= 0.6 is 0 Å². The van der Waals surface area contributed by atoms with E-state index in [2.05, 4.69) is 5.32 Å². The van der Waals surface area contributed by atoms with Crippen molar-refractivity contribution >= 4 is 18.1 Å². The summed E-state index contributed by atoms with van der Waals surface area (Å²) in [5, 5.41) is 32.2. The van der Waals surface area contributed by atoms with Crippen molar-refractivity contribution in [3.05, 3.63) is 89.0 Å². The zero-order chi connectivity index (χ0) is 19.9. The van der Waals surface area contributed by atoms with Crippen molar-refractivity contribution < 1.29 is 20.1 Å². The number of aromatic hydroxyl groups is 3. The maximum Gasteiger partial charge on any atom is 0.255 e. The molecule has 0 aromatic heterocycles. The van der Waals surface area contributed by atoms with Crippen molar-refractivity contribution in [1.82, 2.24) is 5.32 Å². The van der Waals surface area contributed by atoms with Crippen molar-refractivity contribution in [2.75, 3.05) is 6.54 Å². The molecular formula is C23H21NO4. The molecule has 4 N–H and O–H groups in total. The lowest BCUT2D eigenvalue weighted by Crippen LogP contribution is -2.25. The molecule has 0 spiro atoms. The van der Waals surface area contributed by atoms with Gasteiger partial charge in [-0.1, -0.05) is 48.6 Å². The minimum absolute atomic E-state index is 0.0340. The molecule has 28 heavy (non-hydrogen) atoms. The molecule has 0 unspecified atom stereocenters. The van der Waals surface area contributed by atoms with Crippen LogP contribution in [0.5, 0.6) is 17.2 Å². The van der Waals surface area contributed by atoms with E-state index < -0.39 is 0 Å². The van der Waals surface area contributed by atoms with Gasteiger partial charge in [0, 0.05) is 12.1 Å². The lowest BCUT2D eigenvalue weighted by Gasteiger charge is -2.08. The Morgan fingerprint density at radius 1 is 0.857 bits per heavy atom. The van der Waals surface area contributed by atoms with Gasteiger partial charge in [-0.2, -0.15) is 0 Å². The smallest absolute Gasteiger partial charge is 0.255 e. The Bertz CT molecular complexity index is 997. The number of hydrogen-bond acceptors (Lipinski definition) is 4. The highest BCUT2D eigenvalue weighted by atomic mass is 16.3. The molecule has 0 aliphatic rings. The number of benzene rings is 3. The Balaban J connectivity index is 1.69. The first kappa shape index (κ1) is 19.0. The molecule has 3 aromatic carbocycles. The van der Waals surface area contributed by atoms with E-state index in [9.17, 15) is 20.1 Å². The van der Waals surface area contributed by atoms with Crippen LogP contribution < -0.4 is 5.32 Å². The highest BCUT2D eigenvalue weighted by Crippen LogP contribution is 2.25. The van der Waals surface area contributed by atoms with Crippen molar-refractivity contribution in [1.29, 1.82) is 0 Å². The molecule has 0 saturated carbocycles. The third kappa shape index (κ3) is 4.92. The van der Waals surface area contributed by atoms with Crippen LogP contribution in [0.15, 0.2) is 66.7 Å². The highest BCUT2D eigenvalue weighted by Gasteiger charge is 2.11. The molecule has 0 fully saturated rings. The Hall–Kier alpha value is -3.73. The molecule has 0 saturated heterocycles. The van der Waals surface area contributed by atoms with Crippen LogP contribution in [0.3, 0.4) is 0 Å². The van der Waals surface area contributed by atoms with E-state index in [0.717, 1.165) is 5.56 Å². The van der Waals surface area contributed by atoms with Gasteiger partial charge in [0.1, 0.15) is 17.2 Å². The van der Waals surface area contributed by atoms with E-state index in [1.807, 2.05) is 30.3 Å². The molecule has 5 nitrogen and oxygen atoms in total. The number of carbonyl (C=O) groups excluding carboxylic acids is 1. The largest absolute Gasteiger partial charge is 0.508 e. The standard InChI is InChI=1S/C23H21NO4/c25-19-9-11-21(26)18(15-19)8-6-17-7-10-22(27)20(14-17)23(28)24-13-12-16-4-2-1-3-5-16/h1-11,14-15,25-27H,12-13H2,(H,24,28). The third-order valence-electron chi connectivity index (χ3n) is 4.27. The monoisotopic (exact) mass is 375 g/mol. The molecule has 3 rings (SSSR count). The predicted octanol–water partition coefficient (Wildman–Crippen LogP) is 3.95. The SMILES string of the molecule is O=C(NCCc1ccccc1)c1cc(C=Cc2cc(O)ccc2O)ccc1O. The molecule has 3 aromatic rings. The maximum atomic E-state index is 12.4. The van der Waals surface area contributed by atoms with Gasteiger partial charge in [-0.3, -0.25) is 4.79 Å². The minimum Gasteiger partial charge on any atom is -0.508 e. The van der Waals surface area contributed by atoms with Gasteiger partial charge in [0.15, 0.2) is 0 Å². The second-order valence-electron chi connectivity index (χ2n) is 6.34. The van der Waals surface area contributed by atoms with Crippen LogP contribution in [-0.2, 0) is 6.42 Å². The predicted molar refractivity (Wildman–Crippen MR) is 109 cm³/mol. The second kappa shape index (κ2) is 8.77. The Labute approximate surface area is 163 Å². The maximum absolute atomic E-state index is 12.4. The van der Waals surface area contributed by atoms with Gasteiger partial charge in [0.2, 0.25) is 0 Å². The van der Waals surface area contributed by atoms with Crippen molar-refractivity contribution in [2.24, 2.45) is 0 Å². The molecule has 1 amide bonds. The van der Waals surface area contributed by atoms with Crippen molar-refractivity contribution in [3.8, 4) is 17.2 Å². The van der Waals surface area contributed by atoms with Gasteiger partial charge in [-0.05, 0) is 47.9 Å². The fraction of sp³-hybridized carbons (Fsp3) is 0.0870. The number of amides is 1. The zero-order valence-corrected chi connectivity index (χ0v) is 15.2. The molecular weight excluding hydrogens is 354 g/mol. The molecule has 0 atom stereocenters. The zero-order valence-electron chi connectivity index (χ0n) is 15.2. The summed E-state index contributed by atoms with van der Waals surface area (Å²) in [5.41, 5.74) is 2.42. The number of hydrogen-bond donors (Lipinski definition) is 4. The molecule has 5 heteroatoms. The first-order valence-electron chi connectivity index (χ1n) is 8.88. The summed E-state index contributed by atoms with van der Waals surface area (Å²) in [7, 11) is 0. The number of phenols is 3. The lowest BCUT2D eigenvalue weighted by atomic mass is 10.1. The van der Waals surface area contributed by atoms with Gasteiger partial charge in [0.05, 0.1) is 5.56 Å². The van der Waals surface area contributed by atoms with Gasteiger partial charge < -0.3 is 20.6 Å². The first-order chi connectivity index (χ1) is 13.5. The molecule has 0 heterocycles. The van der Waals surface area contributed by atoms with E-state index in [0.29, 0.717) is 24.1 Å². The Kier molecular flexibility index (Phi) is 5.97. The van der Waals surface area contributed by atoms with Crippen LogP contribution in [0.25, 0.3) is 12.2 Å². The van der Waals surface area contributed by atoms with Crippen LogP contribution in [0.4, 0.5) is 0 Å². The molecule has 0 aliphatic heterocycles. The summed E-state index contributed by atoms with van der Waals surface area (Å²) in [6.07, 6.45) is 4.01. The quantitative estimate of drug-likeness (QED) is 0.388. The first-order valence-corrected chi connectivity index (χ1v) is 8.88. The van der Waals surface area contributed by atoms with Gasteiger partial charge >= 0.3 is 0 Å². The van der Waals surface area contributed by atoms with Gasteiger partial charge in [-0.25, -0.2) is 0 Å². The average molecular weight is 375 g/mol. The van der Waals surface area contributed by atoms with E-state index in [4.69, 9.17) is 0 Å².